The van der Waals surface area contributed by atoms with Crippen LogP contribution in [0.25, 0.3) is 5.69 Å². The van der Waals surface area contributed by atoms with Gasteiger partial charge in [0.15, 0.2) is 0 Å². The van der Waals surface area contributed by atoms with Crippen molar-refractivity contribution in [3.63, 3.8) is 0 Å². The van der Waals surface area contributed by atoms with Gasteiger partial charge in [0.1, 0.15) is 18.1 Å². The van der Waals surface area contributed by atoms with E-state index in [0.29, 0.717) is 5.56 Å². The zero-order chi connectivity index (χ0) is 19.7. The molecule has 0 aliphatic rings. The molecule has 2 aromatic carbocycles. The standard InChI is InChI=1S/C17H15ClF2N4O3/c1-9-6-15(12(18)7-14(9)25)27-8-11-10(16(19)20)4-3-5-13(11)24-17(26)23(2)21-22-24/h3-7,16,25H,8H2,1-2H3. The van der Waals surface area contributed by atoms with Gasteiger partial charge in [0, 0.05) is 24.2 Å². The first-order chi connectivity index (χ1) is 12.8. The lowest BCUT2D eigenvalue weighted by Crippen LogP contribution is -2.23. The van der Waals surface area contributed by atoms with Crippen LogP contribution < -0.4 is 10.4 Å². The molecule has 3 aromatic rings. The molecule has 27 heavy (non-hydrogen) atoms. The first kappa shape index (κ1) is 18.8. The monoisotopic (exact) mass is 396 g/mol. The SMILES string of the molecule is Cc1cc(OCc2c(C(F)F)cccc2-n2nnn(C)c2=O)c(Cl)cc1O. The van der Waals surface area contributed by atoms with Crippen LogP contribution in [0.3, 0.4) is 0 Å². The maximum Gasteiger partial charge on any atom is 0.368 e. The minimum atomic E-state index is -2.78. The van der Waals surface area contributed by atoms with Gasteiger partial charge in [-0.15, -0.1) is 0 Å². The molecule has 0 aliphatic heterocycles. The fourth-order valence-corrected chi connectivity index (χ4v) is 2.73. The van der Waals surface area contributed by atoms with Gasteiger partial charge >= 0.3 is 5.69 Å². The molecule has 1 N–H and O–H groups in total. The summed E-state index contributed by atoms with van der Waals surface area (Å²) in [6, 6.07) is 6.93. The summed E-state index contributed by atoms with van der Waals surface area (Å²) in [6.07, 6.45) is -2.78. The van der Waals surface area contributed by atoms with Crippen molar-refractivity contribution in [3.05, 3.63) is 62.5 Å². The van der Waals surface area contributed by atoms with Crippen molar-refractivity contribution in [3.8, 4) is 17.2 Å². The van der Waals surface area contributed by atoms with Crippen LogP contribution in [0.5, 0.6) is 11.5 Å². The number of tetrazole rings is 1. The Balaban J connectivity index is 2.05. The highest BCUT2D eigenvalue weighted by molar-refractivity contribution is 6.32. The normalized spacial score (nSPS) is 11.2. The molecule has 0 saturated heterocycles. The van der Waals surface area contributed by atoms with E-state index in [2.05, 4.69) is 10.4 Å². The molecule has 0 bridgehead atoms. The van der Waals surface area contributed by atoms with Crippen molar-refractivity contribution in [2.45, 2.75) is 20.0 Å². The van der Waals surface area contributed by atoms with E-state index in [1.165, 1.54) is 37.4 Å². The molecule has 0 amide bonds. The summed E-state index contributed by atoms with van der Waals surface area (Å²) in [7, 11) is 1.40. The second-order valence-electron chi connectivity index (χ2n) is 5.80. The third-order valence-electron chi connectivity index (χ3n) is 3.99. The number of hydrogen-bond donors (Lipinski definition) is 1. The highest BCUT2D eigenvalue weighted by atomic mass is 35.5. The lowest BCUT2D eigenvalue weighted by molar-refractivity contribution is 0.148. The van der Waals surface area contributed by atoms with E-state index in [0.717, 1.165) is 9.36 Å². The molecule has 0 atom stereocenters. The van der Waals surface area contributed by atoms with Gasteiger partial charge in [0.05, 0.1) is 10.7 Å². The summed E-state index contributed by atoms with van der Waals surface area (Å²) in [5, 5.41) is 17.1. The summed E-state index contributed by atoms with van der Waals surface area (Å²) in [5.41, 5.74) is -0.144. The summed E-state index contributed by atoms with van der Waals surface area (Å²) in [6.45, 7) is 1.36. The van der Waals surface area contributed by atoms with Gasteiger partial charge < -0.3 is 9.84 Å². The van der Waals surface area contributed by atoms with Crippen LogP contribution in [-0.4, -0.2) is 24.9 Å². The number of benzene rings is 2. The summed E-state index contributed by atoms with van der Waals surface area (Å²) in [4.78, 5) is 12.1. The van der Waals surface area contributed by atoms with E-state index in [4.69, 9.17) is 16.3 Å². The second-order valence-corrected chi connectivity index (χ2v) is 6.21. The fourth-order valence-electron chi connectivity index (χ4n) is 2.52. The summed E-state index contributed by atoms with van der Waals surface area (Å²) < 4.78 is 34.5. The Morgan fingerprint density at radius 3 is 2.67 bits per heavy atom. The number of alkyl halides is 2. The molecule has 7 nitrogen and oxygen atoms in total. The molecule has 0 unspecified atom stereocenters. The van der Waals surface area contributed by atoms with Crippen LogP contribution in [0.15, 0.2) is 35.1 Å². The number of halogens is 3. The maximum absolute atomic E-state index is 13.5. The van der Waals surface area contributed by atoms with Crippen LogP contribution in [0.2, 0.25) is 5.02 Å². The first-order valence-electron chi connectivity index (χ1n) is 7.80. The van der Waals surface area contributed by atoms with E-state index in [9.17, 15) is 18.7 Å². The number of phenols is 1. The highest BCUT2D eigenvalue weighted by Gasteiger charge is 2.20. The average molecular weight is 397 g/mol. The Morgan fingerprint density at radius 1 is 1.30 bits per heavy atom. The van der Waals surface area contributed by atoms with Crippen molar-refractivity contribution >= 4 is 11.6 Å². The van der Waals surface area contributed by atoms with Crippen molar-refractivity contribution in [1.29, 1.82) is 0 Å². The molecular weight excluding hydrogens is 382 g/mol. The number of hydrogen-bond acceptors (Lipinski definition) is 5. The van der Waals surface area contributed by atoms with Crippen molar-refractivity contribution in [2.75, 3.05) is 0 Å². The van der Waals surface area contributed by atoms with Gasteiger partial charge in [0.25, 0.3) is 6.43 Å². The highest BCUT2D eigenvalue weighted by Crippen LogP contribution is 2.33. The average Bonchev–Trinajstić information content (AvgIpc) is 2.95. The Kier molecular flexibility index (Phi) is 5.13. The van der Waals surface area contributed by atoms with Gasteiger partial charge in [0.2, 0.25) is 0 Å². The van der Waals surface area contributed by atoms with E-state index < -0.39 is 12.1 Å². The summed E-state index contributed by atoms with van der Waals surface area (Å²) in [5.74, 6) is 0.209. The van der Waals surface area contributed by atoms with Crippen LogP contribution in [0, 0.1) is 6.92 Å². The Hall–Kier alpha value is -2.94. The molecule has 0 radical (unpaired) electrons. The molecule has 0 aliphatic carbocycles. The molecule has 0 saturated carbocycles. The Morgan fingerprint density at radius 2 is 2.04 bits per heavy atom. The fraction of sp³-hybridized carbons (Fsp3) is 0.235. The third kappa shape index (κ3) is 3.63. The molecule has 0 spiro atoms. The molecule has 142 valence electrons. The van der Waals surface area contributed by atoms with E-state index in [1.807, 2.05) is 0 Å². The number of phenolic OH excluding ortho intramolecular Hbond substituents is 1. The van der Waals surface area contributed by atoms with Gasteiger partial charge in [-0.05, 0) is 35.0 Å². The molecule has 10 heteroatoms. The number of ether oxygens (including phenoxy) is 1. The Bertz CT molecular complexity index is 1050. The molecular formula is C17H15ClF2N4O3. The van der Waals surface area contributed by atoms with Crippen LogP contribution in [0.4, 0.5) is 8.78 Å². The van der Waals surface area contributed by atoms with Crippen LogP contribution in [0.1, 0.15) is 23.1 Å². The number of aryl methyl sites for hydroxylation is 2. The lowest BCUT2D eigenvalue weighted by atomic mass is 10.1. The lowest BCUT2D eigenvalue weighted by Gasteiger charge is -2.15. The minimum absolute atomic E-state index is 0.00729. The number of aromatic nitrogens is 4. The number of rotatable bonds is 5. The minimum Gasteiger partial charge on any atom is -0.508 e. The van der Waals surface area contributed by atoms with E-state index in [1.54, 1.807) is 6.92 Å². The molecule has 0 fully saturated rings. The first-order valence-corrected chi connectivity index (χ1v) is 8.18. The van der Waals surface area contributed by atoms with E-state index in [-0.39, 0.29) is 39.9 Å². The molecule has 1 heterocycles. The molecule has 1 aromatic heterocycles. The van der Waals surface area contributed by atoms with Crippen LogP contribution >= 0.6 is 11.6 Å². The summed E-state index contributed by atoms with van der Waals surface area (Å²) >= 11 is 6.04. The van der Waals surface area contributed by atoms with Gasteiger partial charge in [-0.25, -0.2) is 13.6 Å². The zero-order valence-electron chi connectivity index (χ0n) is 14.4. The van der Waals surface area contributed by atoms with E-state index >= 15 is 0 Å². The second kappa shape index (κ2) is 7.36. The van der Waals surface area contributed by atoms with Crippen LogP contribution in [-0.2, 0) is 13.7 Å². The predicted octanol–water partition coefficient (Wildman–Crippen LogP) is 3.15. The van der Waals surface area contributed by atoms with Gasteiger partial charge in [-0.2, -0.15) is 9.36 Å². The van der Waals surface area contributed by atoms with Gasteiger partial charge in [-0.1, -0.05) is 23.7 Å². The number of nitrogens with zero attached hydrogens (tertiary/aromatic N) is 4. The number of aromatic hydroxyl groups is 1. The van der Waals surface area contributed by atoms with Crippen molar-refractivity contribution < 1.29 is 18.6 Å². The molecule has 3 rings (SSSR count). The largest absolute Gasteiger partial charge is 0.508 e. The topological polar surface area (TPSA) is 82.2 Å². The maximum atomic E-state index is 13.5. The van der Waals surface area contributed by atoms with Gasteiger partial charge in [-0.3, -0.25) is 0 Å². The van der Waals surface area contributed by atoms with Crippen molar-refractivity contribution in [1.82, 2.24) is 19.8 Å². The zero-order valence-corrected chi connectivity index (χ0v) is 15.1. The predicted molar refractivity (Wildman–Crippen MR) is 93.7 cm³/mol. The van der Waals surface area contributed by atoms with Crippen molar-refractivity contribution in [2.24, 2.45) is 7.05 Å². The third-order valence-corrected chi connectivity index (χ3v) is 4.29. The Labute approximate surface area is 157 Å². The quantitative estimate of drug-likeness (QED) is 0.716. The smallest absolute Gasteiger partial charge is 0.368 e.